The van der Waals surface area contributed by atoms with E-state index in [0.29, 0.717) is 24.8 Å². The number of rotatable bonds is 17. The summed E-state index contributed by atoms with van der Waals surface area (Å²) in [4.78, 5) is 8.95. The van der Waals surface area contributed by atoms with Crippen molar-refractivity contribution in [3.8, 4) is 11.5 Å². The number of hydroxylamine groups is 2. The Morgan fingerprint density at radius 3 is 1.14 bits per heavy atom. The van der Waals surface area contributed by atoms with Crippen molar-refractivity contribution in [1.82, 2.24) is 11.0 Å². The Morgan fingerprint density at radius 2 is 0.861 bits per heavy atom. The molecule has 0 fully saturated rings. The molecule has 0 aliphatic rings. The van der Waals surface area contributed by atoms with Gasteiger partial charge in [-0.15, -0.1) is 0 Å². The molecule has 0 aliphatic heterocycles. The molecule has 0 aliphatic carbocycles. The third-order valence-electron chi connectivity index (χ3n) is 6.04. The lowest BCUT2D eigenvalue weighted by Crippen LogP contribution is -2.20. The van der Waals surface area contributed by atoms with Gasteiger partial charge in [-0.1, -0.05) is 51.4 Å². The quantitative estimate of drug-likeness (QED) is 0.0956. The first-order valence-corrected chi connectivity index (χ1v) is 12.9. The topological polar surface area (TPSA) is 108 Å². The molecule has 4 N–H and O–H groups in total. The van der Waals surface area contributed by atoms with Crippen LogP contribution in [0.2, 0.25) is 0 Å². The van der Waals surface area contributed by atoms with Gasteiger partial charge in [-0.2, -0.15) is 0 Å². The van der Waals surface area contributed by atoms with Gasteiger partial charge in [0.25, 0.3) is 0 Å². The minimum absolute atomic E-state index is 0.493. The Kier molecular flexibility index (Phi) is 14.7. The predicted molar refractivity (Wildman–Crippen MR) is 145 cm³/mol. The Hall–Kier alpha value is -3.10. The number of nitrogens with zero attached hydrogens (tertiary/aromatic N) is 2. The van der Waals surface area contributed by atoms with Crippen LogP contribution < -0.4 is 20.4 Å². The van der Waals surface area contributed by atoms with E-state index in [9.17, 15) is 10.4 Å². The highest BCUT2D eigenvalue weighted by Crippen LogP contribution is 2.14. The Bertz CT molecular complexity index is 823. The van der Waals surface area contributed by atoms with E-state index < -0.39 is 0 Å². The molecule has 0 atom stereocenters. The number of nitrogens with one attached hydrogen (secondary N) is 2. The molecule has 2 aromatic rings. The molecule has 8 nitrogen and oxygen atoms in total. The lowest BCUT2D eigenvalue weighted by Gasteiger charge is -2.07. The number of benzene rings is 2. The second kappa shape index (κ2) is 18.2. The average Bonchev–Trinajstić information content (AvgIpc) is 2.93. The lowest BCUT2D eigenvalue weighted by atomic mass is 10.1. The van der Waals surface area contributed by atoms with Gasteiger partial charge in [0.05, 0.1) is 14.2 Å². The van der Waals surface area contributed by atoms with Crippen LogP contribution in [0.3, 0.4) is 0 Å². The van der Waals surface area contributed by atoms with E-state index in [1.165, 1.54) is 38.5 Å². The monoisotopic (exact) mass is 498 g/mol. The van der Waals surface area contributed by atoms with Gasteiger partial charge >= 0.3 is 0 Å². The summed E-state index contributed by atoms with van der Waals surface area (Å²) in [6.45, 7) is 1.40. The maximum atomic E-state index is 9.36. The van der Waals surface area contributed by atoms with Crippen molar-refractivity contribution in [3.63, 3.8) is 0 Å². The number of unbranched alkanes of at least 4 members (excludes halogenated alkanes) is 9. The molecular weight excluding hydrogens is 456 g/mol. The van der Waals surface area contributed by atoms with Crippen LogP contribution >= 0.6 is 0 Å². The van der Waals surface area contributed by atoms with Crippen molar-refractivity contribution >= 4 is 11.7 Å². The fourth-order valence-corrected chi connectivity index (χ4v) is 3.90. The second-order valence-corrected chi connectivity index (χ2v) is 8.68. The average molecular weight is 499 g/mol. The molecule has 0 aromatic heterocycles. The van der Waals surface area contributed by atoms with Gasteiger partial charge < -0.3 is 9.47 Å². The van der Waals surface area contributed by atoms with Crippen molar-refractivity contribution in [1.29, 1.82) is 0 Å². The molecule has 0 heterocycles. The fourth-order valence-electron chi connectivity index (χ4n) is 3.90. The first-order chi connectivity index (χ1) is 17.7. The summed E-state index contributed by atoms with van der Waals surface area (Å²) in [6.07, 6.45) is 11.8. The molecule has 0 radical (unpaired) electrons. The molecule has 0 unspecified atom stereocenters. The molecule has 0 amide bonds. The van der Waals surface area contributed by atoms with E-state index in [-0.39, 0.29) is 0 Å². The van der Waals surface area contributed by atoms with Crippen molar-refractivity contribution < 1.29 is 19.9 Å². The zero-order valence-electron chi connectivity index (χ0n) is 21.7. The van der Waals surface area contributed by atoms with Crippen LogP contribution in [0.4, 0.5) is 0 Å². The molecule has 0 saturated heterocycles. The van der Waals surface area contributed by atoms with Crippen LogP contribution in [-0.2, 0) is 0 Å². The van der Waals surface area contributed by atoms with Gasteiger partial charge in [0.2, 0.25) is 0 Å². The number of hydrogen-bond acceptors (Lipinski definition) is 6. The summed E-state index contributed by atoms with van der Waals surface area (Å²) in [6, 6.07) is 14.9. The minimum Gasteiger partial charge on any atom is -0.497 e. The summed E-state index contributed by atoms with van der Waals surface area (Å²) in [5.74, 6) is 2.54. The molecule has 2 rings (SSSR count). The zero-order valence-corrected chi connectivity index (χ0v) is 21.7. The summed E-state index contributed by atoms with van der Waals surface area (Å²) < 4.78 is 10.3. The van der Waals surface area contributed by atoms with Crippen LogP contribution in [0, 0.1) is 0 Å². The van der Waals surface area contributed by atoms with E-state index in [1.54, 1.807) is 14.2 Å². The van der Waals surface area contributed by atoms with Crippen LogP contribution in [-0.4, -0.2) is 49.4 Å². The third kappa shape index (κ3) is 11.1. The number of ether oxygens (including phenoxy) is 2. The molecule has 36 heavy (non-hydrogen) atoms. The lowest BCUT2D eigenvalue weighted by molar-refractivity contribution is 0.234. The first kappa shape index (κ1) is 29.1. The number of hydrogen-bond donors (Lipinski definition) is 4. The largest absolute Gasteiger partial charge is 0.497 e. The van der Waals surface area contributed by atoms with E-state index in [0.717, 1.165) is 48.3 Å². The normalized spacial score (nSPS) is 11.9. The fraction of sp³-hybridized carbons (Fsp3) is 0.500. The first-order valence-electron chi connectivity index (χ1n) is 12.9. The molecular formula is C28H42N4O4. The highest BCUT2D eigenvalue weighted by atomic mass is 16.5. The van der Waals surface area contributed by atoms with E-state index in [1.807, 2.05) is 48.5 Å². The third-order valence-corrected chi connectivity index (χ3v) is 6.04. The summed E-state index contributed by atoms with van der Waals surface area (Å²) in [7, 11) is 3.26. The van der Waals surface area contributed by atoms with Crippen molar-refractivity contribution in [2.75, 3.05) is 27.3 Å². The zero-order chi connectivity index (χ0) is 25.8. The number of amidine groups is 2. The molecule has 0 spiro atoms. The SMILES string of the molecule is COc1ccc(C(=NCCCCCCCCCCCCN=C(NO)c2ccc(OC)cc2)NO)cc1. The van der Waals surface area contributed by atoms with Crippen LogP contribution in [0.25, 0.3) is 0 Å². The molecule has 0 saturated carbocycles. The molecule has 2 aromatic carbocycles. The smallest absolute Gasteiger partial charge is 0.152 e. The highest BCUT2D eigenvalue weighted by molar-refractivity contribution is 5.98. The van der Waals surface area contributed by atoms with E-state index >= 15 is 0 Å². The summed E-state index contributed by atoms with van der Waals surface area (Å²) >= 11 is 0. The maximum absolute atomic E-state index is 9.36. The summed E-state index contributed by atoms with van der Waals surface area (Å²) in [5, 5.41) is 18.7. The summed E-state index contributed by atoms with van der Waals surface area (Å²) in [5.41, 5.74) is 6.09. The Morgan fingerprint density at radius 1 is 0.556 bits per heavy atom. The number of aliphatic imine (C=N–C) groups is 2. The Labute approximate surface area is 215 Å². The van der Waals surface area contributed by atoms with Crippen LogP contribution in [0.1, 0.15) is 75.3 Å². The van der Waals surface area contributed by atoms with Gasteiger partial charge in [-0.3, -0.25) is 31.4 Å². The van der Waals surface area contributed by atoms with Gasteiger partial charge in [0.15, 0.2) is 11.7 Å². The Balaban J connectivity index is 1.47. The van der Waals surface area contributed by atoms with Crippen molar-refractivity contribution in [3.05, 3.63) is 59.7 Å². The van der Waals surface area contributed by atoms with Crippen molar-refractivity contribution in [2.24, 2.45) is 9.98 Å². The standard InChI is InChI=1S/C28H42N4O4/c1-35-25-17-13-23(14-18-25)27(31-33)29-21-11-9-7-5-3-4-6-8-10-12-22-30-28(32-34)24-15-19-26(36-2)20-16-24/h13-20,33-34H,3-12,21-22H2,1-2H3,(H,29,31)(H,30,32). The van der Waals surface area contributed by atoms with Crippen LogP contribution in [0.15, 0.2) is 58.5 Å². The van der Waals surface area contributed by atoms with Crippen LogP contribution in [0.5, 0.6) is 11.5 Å². The van der Waals surface area contributed by atoms with Gasteiger partial charge in [-0.05, 0) is 61.4 Å². The van der Waals surface area contributed by atoms with Gasteiger partial charge in [0.1, 0.15) is 11.5 Å². The van der Waals surface area contributed by atoms with Gasteiger partial charge in [0, 0.05) is 24.2 Å². The van der Waals surface area contributed by atoms with Gasteiger partial charge in [-0.25, -0.2) is 0 Å². The van der Waals surface area contributed by atoms with Crippen molar-refractivity contribution in [2.45, 2.75) is 64.2 Å². The van der Waals surface area contributed by atoms with E-state index in [4.69, 9.17) is 9.47 Å². The number of methoxy groups -OCH3 is 2. The second-order valence-electron chi connectivity index (χ2n) is 8.68. The highest BCUT2D eigenvalue weighted by Gasteiger charge is 2.03. The predicted octanol–water partition coefficient (Wildman–Crippen LogP) is 5.76. The maximum Gasteiger partial charge on any atom is 0.152 e. The van der Waals surface area contributed by atoms with E-state index in [2.05, 4.69) is 20.9 Å². The minimum atomic E-state index is 0.493. The molecule has 0 bridgehead atoms. The molecule has 8 heteroatoms. The molecule has 198 valence electrons.